The minimum absolute atomic E-state index is 0.0316. The SMILES string of the molecule is CC1O/C(=C/c2ccccc2)c2cc3c(cc21)/C(=C\c1ccccc1)OC3C. The molecule has 28 heavy (non-hydrogen) atoms. The van der Waals surface area contributed by atoms with Gasteiger partial charge in [0, 0.05) is 22.3 Å². The summed E-state index contributed by atoms with van der Waals surface area (Å²) in [5.41, 5.74) is 7.08. The van der Waals surface area contributed by atoms with E-state index in [9.17, 15) is 0 Å². The summed E-state index contributed by atoms with van der Waals surface area (Å²) in [7, 11) is 0. The van der Waals surface area contributed by atoms with Crippen molar-refractivity contribution in [3.63, 3.8) is 0 Å². The normalized spacial score (nSPS) is 22.6. The molecule has 138 valence electrons. The van der Waals surface area contributed by atoms with Crippen LogP contribution in [0.25, 0.3) is 23.7 Å². The van der Waals surface area contributed by atoms with Crippen LogP contribution in [0, 0.1) is 0 Å². The first-order valence-corrected chi connectivity index (χ1v) is 9.74. The van der Waals surface area contributed by atoms with E-state index >= 15 is 0 Å². The molecular weight excluding hydrogens is 344 g/mol. The van der Waals surface area contributed by atoms with Crippen LogP contribution in [0.1, 0.15) is 59.4 Å². The fourth-order valence-electron chi connectivity index (χ4n) is 3.99. The van der Waals surface area contributed by atoms with Gasteiger partial charge in [0.05, 0.1) is 0 Å². The van der Waals surface area contributed by atoms with Gasteiger partial charge in [-0.2, -0.15) is 0 Å². The zero-order valence-electron chi connectivity index (χ0n) is 16.1. The quantitative estimate of drug-likeness (QED) is 0.493. The van der Waals surface area contributed by atoms with Crippen molar-refractivity contribution in [2.24, 2.45) is 0 Å². The molecule has 3 aromatic rings. The maximum Gasteiger partial charge on any atom is 0.128 e. The Morgan fingerprint density at radius 2 is 1.00 bits per heavy atom. The molecule has 0 N–H and O–H groups in total. The molecule has 2 atom stereocenters. The lowest BCUT2D eigenvalue weighted by Crippen LogP contribution is -1.93. The second kappa shape index (κ2) is 6.72. The molecule has 2 heterocycles. The van der Waals surface area contributed by atoms with Crippen LogP contribution in [0.2, 0.25) is 0 Å². The Labute approximate surface area is 165 Å². The largest absolute Gasteiger partial charge is 0.485 e. The van der Waals surface area contributed by atoms with Gasteiger partial charge in [0.25, 0.3) is 0 Å². The second-order valence-electron chi connectivity index (χ2n) is 7.39. The molecular formula is C26H22O2. The average Bonchev–Trinajstić information content (AvgIpc) is 3.19. The fourth-order valence-corrected chi connectivity index (χ4v) is 3.99. The summed E-state index contributed by atoms with van der Waals surface area (Å²) in [4.78, 5) is 0. The molecule has 0 radical (unpaired) electrons. The zero-order valence-corrected chi connectivity index (χ0v) is 16.1. The van der Waals surface area contributed by atoms with Gasteiger partial charge < -0.3 is 9.47 Å². The maximum atomic E-state index is 6.20. The monoisotopic (exact) mass is 366 g/mol. The van der Waals surface area contributed by atoms with Crippen LogP contribution >= 0.6 is 0 Å². The highest BCUT2D eigenvalue weighted by Crippen LogP contribution is 2.47. The van der Waals surface area contributed by atoms with Crippen LogP contribution in [0.15, 0.2) is 72.8 Å². The van der Waals surface area contributed by atoms with Crippen LogP contribution in [-0.4, -0.2) is 0 Å². The first kappa shape index (κ1) is 16.9. The van der Waals surface area contributed by atoms with Gasteiger partial charge in [-0.1, -0.05) is 60.7 Å². The Hall–Kier alpha value is -3.26. The Morgan fingerprint density at radius 1 is 0.607 bits per heavy atom. The molecule has 2 unspecified atom stereocenters. The van der Waals surface area contributed by atoms with Crippen molar-refractivity contribution in [3.05, 3.63) is 106 Å². The molecule has 2 aliphatic rings. The predicted molar refractivity (Wildman–Crippen MR) is 114 cm³/mol. The van der Waals surface area contributed by atoms with Crippen molar-refractivity contribution in [2.75, 3.05) is 0 Å². The minimum Gasteiger partial charge on any atom is -0.485 e. The molecule has 0 fully saturated rings. The third-order valence-corrected chi connectivity index (χ3v) is 5.43. The van der Waals surface area contributed by atoms with E-state index < -0.39 is 0 Å². The number of benzene rings is 3. The number of hydrogen-bond acceptors (Lipinski definition) is 2. The van der Waals surface area contributed by atoms with Crippen LogP contribution in [0.4, 0.5) is 0 Å². The summed E-state index contributed by atoms with van der Waals surface area (Å²) in [6.07, 6.45) is 4.31. The number of fused-ring (bicyclic) bond motifs is 2. The molecule has 2 aliphatic heterocycles. The standard InChI is InChI=1S/C26H22O2/c1-17-21-15-24-22(18(2)28-26(24)14-20-11-7-4-8-12-20)16-23(21)25(27-17)13-19-9-5-3-6-10-19/h3-18H,1-2H3/b25-13+,26-14+. The van der Waals surface area contributed by atoms with Crippen molar-refractivity contribution in [3.8, 4) is 0 Å². The fraction of sp³-hybridized carbons (Fsp3) is 0.154. The molecule has 0 amide bonds. The number of hydrogen-bond donors (Lipinski definition) is 0. The van der Waals surface area contributed by atoms with Crippen molar-refractivity contribution >= 4 is 23.7 Å². The molecule has 0 bridgehead atoms. The first-order chi connectivity index (χ1) is 13.7. The maximum absolute atomic E-state index is 6.20. The Morgan fingerprint density at radius 3 is 1.39 bits per heavy atom. The van der Waals surface area contributed by atoms with E-state index in [1.807, 2.05) is 36.4 Å². The summed E-state index contributed by atoms with van der Waals surface area (Å²) in [5.74, 6) is 1.87. The van der Waals surface area contributed by atoms with E-state index in [0.29, 0.717) is 0 Å². The van der Waals surface area contributed by atoms with E-state index in [0.717, 1.165) is 22.6 Å². The van der Waals surface area contributed by atoms with Gasteiger partial charge in [-0.15, -0.1) is 0 Å². The highest BCUT2D eigenvalue weighted by molar-refractivity contribution is 5.86. The molecule has 2 heteroatoms. The van der Waals surface area contributed by atoms with E-state index in [4.69, 9.17) is 9.47 Å². The van der Waals surface area contributed by atoms with Crippen molar-refractivity contribution < 1.29 is 9.47 Å². The smallest absolute Gasteiger partial charge is 0.128 e. The molecule has 0 aliphatic carbocycles. The average molecular weight is 366 g/mol. The number of rotatable bonds is 2. The van der Waals surface area contributed by atoms with E-state index in [1.165, 1.54) is 22.3 Å². The van der Waals surface area contributed by atoms with E-state index in [2.05, 4.69) is 62.4 Å². The Bertz CT molecular complexity index is 989. The van der Waals surface area contributed by atoms with Crippen molar-refractivity contribution in [2.45, 2.75) is 26.1 Å². The molecule has 0 saturated heterocycles. The Kier molecular flexibility index (Phi) is 4.05. The van der Waals surface area contributed by atoms with Gasteiger partial charge in [-0.25, -0.2) is 0 Å². The molecule has 0 aromatic heterocycles. The lowest BCUT2D eigenvalue weighted by molar-refractivity contribution is 0.208. The Balaban J connectivity index is 1.60. The lowest BCUT2D eigenvalue weighted by atomic mass is 9.94. The topological polar surface area (TPSA) is 18.5 Å². The minimum atomic E-state index is 0.0316. The van der Waals surface area contributed by atoms with Gasteiger partial charge in [-0.05, 0) is 49.3 Å². The van der Waals surface area contributed by atoms with Crippen LogP contribution < -0.4 is 0 Å². The van der Waals surface area contributed by atoms with Crippen molar-refractivity contribution in [1.82, 2.24) is 0 Å². The zero-order chi connectivity index (χ0) is 19.1. The molecule has 0 saturated carbocycles. The van der Waals surface area contributed by atoms with Crippen LogP contribution in [-0.2, 0) is 9.47 Å². The van der Waals surface area contributed by atoms with Gasteiger partial charge in [-0.3, -0.25) is 0 Å². The third kappa shape index (κ3) is 2.91. The van der Waals surface area contributed by atoms with Gasteiger partial charge >= 0.3 is 0 Å². The third-order valence-electron chi connectivity index (χ3n) is 5.43. The first-order valence-electron chi connectivity index (χ1n) is 9.74. The summed E-state index contributed by atoms with van der Waals surface area (Å²) in [6, 6.07) is 25.1. The molecule has 0 spiro atoms. The second-order valence-corrected chi connectivity index (χ2v) is 7.39. The molecule has 3 aromatic carbocycles. The van der Waals surface area contributed by atoms with Crippen molar-refractivity contribution in [1.29, 1.82) is 0 Å². The van der Waals surface area contributed by atoms with Gasteiger partial charge in [0.1, 0.15) is 23.7 Å². The number of ether oxygens (including phenoxy) is 2. The van der Waals surface area contributed by atoms with Crippen LogP contribution in [0.3, 0.4) is 0 Å². The van der Waals surface area contributed by atoms with Crippen LogP contribution in [0.5, 0.6) is 0 Å². The lowest BCUT2D eigenvalue weighted by Gasteiger charge is -2.06. The molecule has 5 rings (SSSR count). The van der Waals surface area contributed by atoms with Gasteiger partial charge in [0.15, 0.2) is 0 Å². The highest BCUT2D eigenvalue weighted by atomic mass is 16.5. The molecule has 2 nitrogen and oxygen atoms in total. The van der Waals surface area contributed by atoms with E-state index in [1.54, 1.807) is 0 Å². The van der Waals surface area contributed by atoms with Gasteiger partial charge in [0.2, 0.25) is 0 Å². The van der Waals surface area contributed by atoms with E-state index in [-0.39, 0.29) is 12.2 Å². The predicted octanol–water partition coefficient (Wildman–Crippen LogP) is 6.87. The summed E-state index contributed by atoms with van der Waals surface area (Å²) < 4.78 is 12.4. The highest BCUT2D eigenvalue weighted by Gasteiger charge is 2.32. The summed E-state index contributed by atoms with van der Waals surface area (Å²) in [6.45, 7) is 4.22. The summed E-state index contributed by atoms with van der Waals surface area (Å²) in [5, 5.41) is 0. The summed E-state index contributed by atoms with van der Waals surface area (Å²) >= 11 is 0.